The Labute approximate surface area is 114 Å². The predicted molar refractivity (Wildman–Crippen MR) is 77.1 cm³/mol. The van der Waals surface area contributed by atoms with E-state index in [9.17, 15) is 4.39 Å². The smallest absolute Gasteiger partial charge is 0.130 e. The second-order valence-corrected chi connectivity index (χ2v) is 3.83. The van der Waals surface area contributed by atoms with Crippen LogP contribution in [0.4, 0.5) is 10.1 Å². The molecule has 0 aliphatic carbocycles. The molecule has 2 rings (SSSR count). The average Bonchev–Trinajstić information content (AvgIpc) is 2.45. The second-order valence-electron chi connectivity index (χ2n) is 3.83. The van der Waals surface area contributed by atoms with Crippen molar-refractivity contribution in [3.8, 4) is 0 Å². The average molecular weight is 261 g/mol. The minimum atomic E-state index is -0.321. The summed E-state index contributed by atoms with van der Waals surface area (Å²) in [6, 6.07) is 14.4. The first-order valence-corrected chi connectivity index (χ1v) is 6.41. The zero-order chi connectivity index (χ0) is 14.1. The summed E-state index contributed by atoms with van der Waals surface area (Å²) in [4.78, 5) is 0. The fourth-order valence-corrected chi connectivity index (χ4v) is 1.53. The highest BCUT2D eigenvalue weighted by molar-refractivity contribution is 5.40. The van der Waals surface area contributed by atoms with E-state index in [0.29, 0.717) is 17.9 Å². The van der Waals surface area contributed by atoms with Gasteiger partial charge >= 0.3 is 0 Å². The van der Waals surface area contributed by atoms with Gasteiger partial charge in [-0.05, 0) is 17.7 Å². The number of rotatable bonds is 4. The molecule has 0 heterocycles. The molecular formula is C16H20FNO. The van der Waals surface area contributed by atoms with Crippen molar-refractivity contribution in [1.82, 2.24) is 0 Å². The van der Waals surface area contributed by atoms with E-state index < -0.39 is 0 Å². The predicted octanol–water partition coefficient (Wildman–Crippen LogP) is 4.15. The van der Waals surface area contributed by atoms with Crippen molar-refractivity contribution in [2.75, 3.05) is 5.73 Å². The van der Waals surface area contributed by atoms with Gasteiger partial charge in [-0.1, -0.05) is 50.2 Å². The second kappa shape index (κ2) is 8.27. The number of halogens is 1. The Morgan fingerprint density at radius 3 is 2.32 bits per heavy atom. The number of hydrogen-bond donors (Lipinski definition) is 1. The van der Waals surface area contributed by atoms with Crippen LogP contribution in [-0.4, -0.2) is 0 Å². The third-order valence-electron chi connectivity index (χ3n) is 2.45. The van der Waals surface area contributed by atoms with Crippen molar-refractivity contribution < 1.29 is 9.13 Å². The number of nitrogen functional groups attached to an aromatic ring is 1. The van der Waals surface area contributed by atoms with Gasteiger partial charge in [-0.3, -0.25) is 0 Å². The Morgan fingerprint density at radius 2 is 1.68 bits per heavy atom. The Bertz CT molecular complexity index is 485. The molecule has 0 aliphatic heterocycles. The van der Waals surface area contributed by atoms with Gasteiger partial charge in [-0.15, -0.1) is 0 Å². The van der Waals surface area contributed by atoms with Crippen LogP contribution in [0.1, 0.15) is 25.0 Å². The Hall–Kier alpha value is -1.87. The molecule has 0 atom stereocenters. The summed E-state index contributed by atoms with van der Waals surface area (Å²) in [5, 5.41) is 0. The van der Waals surface area contributed by atoms with Crippen LogP contribution in [0.2, 0.25) is 0 Å². The van der Waals surface area contributed by atoms with Crippen molar-refractivity contribution in [2.24, 2.45) is 0 Å². The number of anilines is 1. The molecule has 2 nitrogen and oxygen atoms in total. The Morgan fingerprint density at radius 1 is 1.00 bits per heavy atom. The molecule has 0 fully saturated rings. The van der Waals surface area contributed by atoms with Gasteiger partial charge in [-0.25, -0.2) is 4.39 Å². The molecule has 0 saturated heterocycles. The maximum atomic E-state index is 13.4. The van der Waals surface area contributed by atoms with Crippen LogP contribution in [0.15, 0.2) is 48.5 Å². The van der Waals surface area contributed by atoms with Gasteiger partial charge in [0.1, 0.15) is 5.82 Å². The Balaban J connectivity index is 0.000000861. The molecule has 0 aromatic heterocycles. The molecule has 0 saturated carbocycles. The lowest BCUT2D eigenvalue weighted by atomic mass is 10.2. The van der Waals surface area contributed by atoms with Gasteiger partial charge < -0.3 is 10.5 Å². The molecule has 0 spiro atoms. The zero-order valence-corrected chi connectivity index (χ0v) is 11.4. The van der Waals surface area contributed by atoms with E-state index in [-0.39, 0.29) is 12.4 Å². The van der Waals surface area contributed by atoms with Gasteiger partial charge in [0, 0.05) is 11.3 Å². The molecule has 0 radical (unpaired) electrons. The Kier molecular flexibility index (Phi) is 6.61. The quantitative estimate of drug-likeness (QED) is 0.839. The first-order chi connectivity index (χ1) is 9.25. The normalized spacial score (nSPS) is 9.63. The third-order valence-corrected chi connectivity index (χ3v) is 2.45. The minimum Gasteiger partial charge on any atom is -0.399 e. The van der Waals surface area contributed by atoms with Crippen molar-refractivity contribution >= 4 is 5.69 Å². The summed E-state index contributed by atoms with van der Waals surface area (Å²) >= 11 is 0. The minimum absolute atomic E-state index is 0.251. The van der Waals surface area contributed by atoms with Gasteiger partial charge in [0.05, 0.1) is 13.2 Å². The first-order valence-electron chi connectivity index (χ1n) is 6.41. The summed E-state index contributed by atoms with van der Waals surface area (Å²) in [5.74, 6) is -0.321. The van der Waals surface area contributed by atoms with Crippen LogP contribution in [0.25, 0.3) is 0 Å². The first kappa shape index (κ1) is 15.2. The van der Waals surface area contributed by atoms with Crippen molar-refractivity contribution in [2.45, 2.75) is 27.1 Å². The molecule has 2 aromatic carbocycles. The summed E-state index contributed by atoms with van der Waals surface area (Å²) < 4.78 is 18.9. The van der Waals surface area contributed by atoms with Crippen LogP contribution in [0.5, 0.6) is 0 Å². The molecule has 0 amide bonds. The lowest BCUT2D eigenvalue weighted by molar-refractivity contribution is 0.105. The molecule has 102 valence electrons. The van der Waals surface area contributed by atoms with E-state index in [1.165, 1.54) is 6.07 Å². The molecule has 19 heavy (non-hydrogen) atoms. The standard InChI is InChI=1S/C14H14FNO.C2H6/c15-14-8-13(16)7-6-12(14)10-17-9-11-4-2-1-3-5-11;1-2/h1-8H,9-10,16H2;1-2H3. The lowest BCUT2D eigenvalue weighted by Crippen LogP contribution is -1.98. The van der Waals surface area contributed by atoms with E-state index in [1.807, 2.05) is 44.2 Å². The van der Waals surface area contributed by atoms with E-state index in [0.717, 1.165) is 5.56 Å². The van der Waals surface area contributed by atoms with Gasteiger partial charge in [0.15, 0.2) is 0 Å². The maximum absolute atomic E-state index is 13.4. The SMILES string of the molecule is CC.Nc1ccc(COCc2ccccc2)c(F)c1. The number of benzene rings is 2. The fraction of sp³-hybridized carbons (Fsp3) is 0.250. The maximum Gasteiger partial charge on any atom is 0.130 e. The summed E-state index contributed by atoms with van der Waals surface area (Å²) in [5.41, 5.74) is 7.49. The van der Waals surface area contributed by atoms with Crippen LogP contribution < -0.4 is 5.73 Å². The number of nitrogens with two attached hydrogens (primary N) is 1. The van der Waals surface area contributed by atoms with Crippen molar-refractivity contribution in [3.05, 3.63) is 65.5 Å². The highest BCUT2D eigenvalue weighted by atomic mass is 19.1. The molecular weight excluding hydrogens is 241 g/mol. The molecule has 3 heteroatoms. The molecule has 2 aromatic rings. The highest BCUT2D eigenvalue weighted by Gasteiger charge is 2.02. The largest absolute Gasteiger partial charge is 0.399 e. The zero-order valence-electron chi connectivity index (χ0n) is 11.4. The summed E-state index contributed by atoms with van der Waals surface area (Å²) in [7, 11) is 0. The molecule has 0 bridgehead atoms. The van der Waals surface area contributed by atoms with E-state index in [4.69, 9.17) is 10.5 Å². The monoisotopic (exact) mass is 261 g/mol. The fourth-order valence-electron chi connectivity index (χ4n) is 1.53. The number of hydrogen-bond acceptors (Lipinski definition) is 2. The van der Waals surface area contributed by atoms with Crippen LogP contribution >= 0.6 is 0 Å². The lowest BCUT2D eigenvalue weighted by Gasteiger charge is -2.06. The highest BCUT2D eigenvalue weighted by Crippen LogP contribution is 2.13. The van der Waals surface area contributed by atoms with E-state index in [2.05, 4.69) is 0 Å². The van der Waals surface area contributed by atoms with Crippen LogP contribution in [-0.2, 0) is 18.0 Å². The van der Waals surface area contributed by atoms with Crippen molar-refractivity contribution in [1.29, 1.82) is 0 Å². The third kappa shape index (κ3) is 5.10. The molecule has 2 N–H and O–H groups in total. The molecule has 0 unspecified atom stereocenters. The topological polar surface area (TPSA) is 35.2 Å². The van der Waals surface area contributed by atoms with E-state index in [1.54, 1.807) is 12.1 Å². The van der Waals surface area contributed by atoms with Crippen LogP contribution in [0.3, 0.4) is 0 Å². The summed E-state index contributed by atoms with van der Waals surface area (Å²) in [6.45, 7) is 4.73. The number of ether oxygens (including phenoxy) is 1. The van der Waals surface area contributed by atoms with Gasteiger partial charge in [0.2, 0.25) is 0 Å². The van der Waals surface area contributed by atoms with E-state index >= 15 is 0 Å². The molecule has 0 aliphatic rings. The van der Waals surface area contributed by atoms with Crippen molar-refractivity contribution in [3.63, 3.8) is 0 Å². The van der Waals surface area contributed by atoms with Gasteiger partial charge in [0.25, 0.3) is 0 Å². The van der Waals surface area contributed by atoms with Gasteiger partial charge in [-0.2, -0.15) is 0 Å². The summed E-state index contributed by atoms with van der Waals surface area (Å²) in [6.07, 6.45) is 0. The van der Waals surface area contributed by atoms with Crippen LogP contribution in [0, 0.1) is 5.82 Å².